The van der Waals surface area contributed by atoms with Gasteiger partial charge in [0.1, 0.15) is 5.01 Å². The molecule has 1 aromatic rings. The summed E-state index contributed by atoms with van der Waals surface area (Å²) in [4.78, 5) is 0. The van der Waals surface area contributed by atoms with Crippen LogP contribution in [-0.4, -0.2) is 22.9 Å². The van der Waals surface area contributed by atoms with E-state index in [0.29, 0.717) is 11.2 Å². The Labute approximate surface area is 87.5 Å². The molecule has 1 aromatic heterocycles. The van der Waals surface area contributed by atoms with Crippen molar-refractivity contribution in [2.75, 3.05) is 12.3 Å². The average molecular weight is 213 g/mol. The van der Waals surface area contributed by atoms with Gasteiger partial charge in [0.25, 0.3) is 0 Å². The lowest BCUT2D eigenvalue weighted by Crippen LogP contribution is -2.32. The summed E-state index contributed by atoms with van der Waals surface area (Å²) in [5.74, 6) is 0.721. The second-order valence-corrected chi connectivity index (χ2v) is 4.75. The molecule has 1 aliphatic carbocycles. The average Bonchev–Trinajstić information content (AvgIpc) is 2.48. The van der Waals surface area contributed by atoms with Crippen LogP contribution < -0.4 is 5.73 Å². The van der Waals surface area contributed by atoms with E-state index in [1.165, 1.54) is 11.3 Å². The Kier molecular flexibility index (Phi) is 2.98. The van der Waals surface area contributed by atoms with Crippen LogP contribution in [0.2, 0.25) is 0 Å². The third-order valence-corrected chi connectivity index (χ3v) is 3.32. The third kappa shape index (κ3) is 2.22. The number of ether oxygens (including phenoxy) is 1. The van der Waals surface area contributed by atoms with Crippen LogP contribution in [0.3, 0.4) is 0 Å². The van der Waals surface area contributed by atoms with E-state index in [4.69, 9.17) is 10.5 Å². The van der Waals surface area contributed by atoms with Gasteiger partial charge in [-0.1, -0.05) is 11.3 Å². The number of hydrogen-bond acceptors (Lipinski definition) is 5. The summed E-state index contributed by atoms with van der Waals surface area (Å²) in [5, 5.41) is 9.44. The summed E-state index contributed by atoms with van der Waals surface area (Å²) >= 11 is 1.49. The summed E-state index contributed by atoms with van der Waals surface area (Å²) in [7, 11) is 0. The van der Waals surface area contributed by atoms with Crippen molar-refractivity contribution in [3.05, 3.63) is 5.01 Å². The topological polar surface area (TPSA) is 61.0 Å². The maximum Gasteiger partial charge on any atom is 0.203 e. The van der Waals surface area contributed by atoms with Crippen LogP contribution in [0.1, 0.15) is 24.8 Å². The second kappa shape index (κ2) is 4.23. The van der Waals surface area contributed by atoms with Crippen LogP contribution in [0.15, 0.2) is 0 Å². The lowest BCUT2D eigenvalue weighted by atomic mass is 9.80. The van der Waals surface area contributed by atoms with Crippen LogP contribution in [0.4, 0.5) is 5.13 Å². The van der Waals surface area contributed by atoms with Gasteiger partial charge in [0.2, 0.25) is 5.13 Å². The summed E-state index contributed by atoms with van der Waals surface area (Å²) in [5.41, 5.74) is 5.51. The minimum atomic E-state index is 0.482. The molecule has 0 atom stereocenters. The van der Waals surface area contributed by atoms with E-state index in [-0.39, 0.29) is 0 Å². The molecule has 0 bridgehead atoms. The van der Waals surface area contributed by atoms with Gasteiger partial charge in [-0.15, -0.1) is 10.2 Å². The van der Waals surface area contributed by atoms with Gasteiger partial charge < -0.3 is 10.5 Å². The van der Waals surface area contributed by atoms with E-state index >= 15 is 0 Å². The van der Waals surface area contributed by atoms with Gasteiger partial charge in [-0.05, 0) is 25.7 Å². The van der Waals surface area contributed by atoms with E-state index < -0.39 is 0 Å². The third-order valence-electron chi connectivity index (χ3n) is 2.54. The Morgan fingerprint density at radius 2 is 2.29 bits per heavy atom. The van der Waals surface area contributed by atoms with Crippen molar-refractivity contribution >= 4 is 16.5 Å². The Morgan fingerprint density at radius 3 is 2.86 bits per heavy atom. The molecule has 1 saturated carbocycles. The predicted octanol–water partition coefficient (Wildman–Crippen LogP) is 1.48. The molecular formula is C9H15N3OS. The van der Waals surface area contributed by atoms with Gasteiger partial charge in [-0.2, -0.15) is 0 Å². The molecule has 0 saturated heterocycles. The monoisotopic (exact) mass is 213 g/mol. The number of nitrogen functional groups attached to an aromatic ring is 1. The minimum Gasteiger partial charge on any atom is -0.378 e. The van der Waals surface area contributed by atoms with Crippen LogP contribution in [0, 0.1) is 5.92 Å². The minimum absolute atomic E-state index is 0.482. The normalized spacial score (nSPS) is 26.1. The zero-order valence-corrected chi connectivity index (χ0v) is 9.09. The van der Waals surface area contributed by atoms with Gasteiger partial charge in [0, 0.05) is 13.0 Å². The number of aromatic nitrogens is 2. The molecule has 2 rings (SSSR count). The highest BCUT2D eigenvalue weighted by Gasteiger charge is 2.30. The Hall–Kier alpha value is -0.680. The van der Waals surface area contributed by atoms with E-state index in [2.05, 4.69) is 10.2 Å². The number of hydrogen-bond donors (Lipinski definition) is 1. The van der Waals surface area contributed by atoms with Gasteiger partial charge in [0.15, 0.2) is 0 Å². The molecule has 0 aromatic carbocycles. The van der Waals surface area contributed by atoms with Gasteiger partial charge in [-0.25, -0.2) is 0 Å². The van der Waals surface area contributed by atoms with Crippen molar-refractivity contribution in [2.24, 2.45) is 5.92 Å². The van der Waals surface area contributed by atoms with E-state index in [1.807, 2.05) is 6.92 Å². The second-order valence-electron chi connectivity index (χ2n) is 3.65. The molecule has 5 heteroatoms. The Bertz CT molecular complexity index is 296. The van der Waals surface area contributed by atoms with Crippen molar-refractivity contribution in [1.82, 2.24) is 10.2 Å². The summed E-state index contributed by atoms with van der Waals surface area (Å²) < 4.78 is 5.49. The summed E-state index contributed by atoms with van der Waals surface area (Å²) in [6, 6.07) is 0. The fourth-order valence-electron chi connectivity index (χ4n) is 1.81. The molecule has 0 aliphatic heterocycles. The van der Waals surface area contributed by atoms with Gasteiger partial charge in [0.05, 0.1) is 6.10 Å². The highest BCUT2D eigenvalue weighted by atomic mass is 32.1. The largest absolute Gasteiger partial charge is 0.378 e. The first-order valence-electron chi connectivity index (χ1n) is 4.97. The fraction of sp³-hybridized carbons (Fsp3) is 0.778. The molecule has 1 heterocycles. The van der Waals surface area contributed by atoms with Crippen LogP contribution in [0.25, 0.3) is 0 Å². The van der Waals surface area contributed by atoms with Crippen LogP contribution >= 0.6 is 11.3 Å². The van der Waals surface area contributed by atoms with Crippen molar-refractivity contribution in [3.8, 4) is 0 Å². The first-order chi connectivity index (χ1) is 6.78. The maximum atomic E-state index is 5.51. The van der Waals surface area contributed by atoms with Crippen molar-refractivity contribution in [2.45, 2.75) is 32.3 Å². The molecule has 0 spiro atoms. The molecule has 4 nitrogen and oxygen atoms in total. The molecule has 78 valence electrons. The van der Waals surface area contributed by atoms with Crippen molar-refractivity contribution in [3.63, 3.8) is 0 Å². The predicted molar refractivity (Wildman–Crippen MR) is 56.2 cm³/mol. The van der Waals surface area contributed by atoms with E-state index in [1.54, 1.807) is 0 Å². The number of rotatable bonds is 4. The van der Waals surface area contributed by atoms with Crippen molar-refractivity contribution in [1.29, 1.82) is 0 Å². The zero-order chi connectivity index (χ0) is 9.97. The number of anilines is 1. The molecule has 2 N–H and O–H groups in total. The molecule has 0 unspecified atom stereocenters. The molecule has 1 aliphatic rings. The highest BCUT2D eigenvalue weighted by Crippen LogP contribution is 2.33. The first-order valence-corrected chi connectivity index (χ1v) is 5.79. The first kappa shape index (κ1) is 9.86. The van der Waals surface area contributed by atoms with Crippen molar-refractivity contribution < 1.29 is 4.74 Å². The lowest BCUT2D eigenvalue weighted by molar-refractivity contribution is -0.0240. The van der Waals surface area contributed by atoms with Crippen LogP contribution in [0.5, 0.6) is 0 Å². The number of nitrogens with two attached hydrogens (primary N) is 1. The SMILES string of the molecule is CCOC1CC(Cc2nnc(N)s2)C1. The van der Waals surface area contributed by atoms with Crippen LogP contribution in [-0.2, 0) is 11.2 Å². The molecule has 0 amide bonds. The fourth-order valence-corrected chi connectivity index (χ4v) is 2.53. The molecule has 1 fully saturated rings. The lowest BCUT2D eigenvalue weighted by Gasteiger charge is -2.34. The molecular weight excluding hydrogens is 198 g/mol. The summed E-state index contributed by atoms with van der Waals surface area (Å²) in [6.07, 6.45) is 3.81. The highest BCUT2D eigenvalue weighted by molar-refractivity contribution is 7.15. The number of nitrogens with zero attached hydrogens (tertiary/aromatic N) is 2. The smallest absolute Gasteiger partial charge is 0.203 e. The van der Waals surface area contributed by atoms with E-state index in [0.717, 1.165) is 36.8 Å². The zero-order valence-electron chi connectivity index (χ0n) is 8.27. The van der Waals surface area contributed by atoms with Gasteiger partial charge >= 0.3 is 0 Å². The van der Waals surface area contributed by atoms with Gasteiger partial charge in [-0.3, -0.25) is 0 Å². The Balaban J connectivity index is 1.74. The molecule has 14 heavy (non-hydrogen) atoms. The molecule has 0 radical (unpaired) electrons. The van der Waals surface area contributed by atoms with E-state index in [9.17, 15) is 0 Å². The Morgan fingerprint density at radius 1 is 1.50 bits per heavy atom. The quantitative estimate of drug-likeness (QED) is 0.823. The standard InChI is InChI=1S/C9H15N3OS/c1-2-13-7-3-6(4-7)5-8-11-12-9(10)14-8/h6-7H,2-5H2,1H3,(H2,10,12). The maximum absolute atomic E-state index is 5.51. The summed E-state index contributed by atoms with van der Waals surface area (Å²) in [6.45, 7) is 2.86.